The highest BCUT2D eigenvalue weighted by Crippen LogP contribution is 2.36. The van der Waals surface area contributed by atoms with Gasteiger partial charge in [0, 0.05) is 17.0 Å². The molecule has 0 spiro atoms. The van der Waals surface area contributed by atoms with Crippen LogP contribution in [0.4, 0.5) is 17.6 Å². The van der Waals surface area contributed by atoms with Crippen LogP contribution in [0.1, 0.15) is 22.5 Å². The lowest BCUT2D eigenvalue weighted by atomic mass is 10.1. The zero-order valence-corrected chi connectivity index (χ0v) is 14.9. The lowest BCUT2D eigenvalue weighted by molar-refractivity contribution is -0.137. The first kappa shape index (κ1) is 19.4. The standard InChI is InChI=1S/C17H10Cl2F4N2O2/c18-12-5-2-6-13(20)10(12)7-14-24-27-16(26)25(14)8-9-3-1-4-11(15(9)19)17(21,22)23/h1-6H,7-8H2. The molecule has 0 aliphatic carbocycles. The van der Waals surface area contributed by atoms with Gasteiger partial charge in [-0.3, -0.25) is 9.09 Å². The number of alkyl halides is 3. The summed E-state index contributed by atoms with van der Waals surface area (Å²) in [7, 11) is 0. The monoisotopic (exact) mass is 420 g/mol. The van der Waals surface area contributed by atoms with Gasteiger partial charge in [-0.05, 0) is 23.8 Å². The van der Waals surface area contributed by atoms with Crippen LogP contribution in [0.3, 0.4) is 0 Å². The Morgan fingerprint density at radius 2 is 1.81 bits per heavy atom. The van der Waals surface area contributed by atoms with Crippen molar-refractivity contribution in [3.63, 3.8) is 0 Å². The predicted octanol–water partition coefficient (Wildman–Crippen LogP) is 4.94. The van der Waals surface area contributed by atoms with Gasteiger partial charge in [0.2, 0.25) is 0 Å². The van der Waals surface area contributed by atoms with Crippen LogP contribution in [0.2, 0.25) is 10.0 Å². The molecule has 4 nitrogen and oxygen atoms in total. The largest absolute Gasteiger partial charge is 0.441 e. The average Bonchev–Trinajstić information content (AvgIpc) is 2.92. The molecule has 142 valence electrons. The van der Waals surface area contributed by atoms with E-state index >= 15 is 0 Å². The molecular formula is C17H10Cl2F4N2O2. The summed E-state index contributed by atoms with van der Waals surface area (Å²) in [5.41, 5.74) is -0.904. The van der Waals surface area contributed by atoms with Gasteiger partial charge in [0.15, 0.2) is 5.82 Å². The number of benzene rings is 2. The zero-order chi connectivity index (χ0) is 19.8. The molecule has 0 unspecified atom stereocenters. The Morgan fingerprint density at radius 3 is 2.48 bits per heavy atom. The van der Waals surface area contributed by atoms with Crippen LogP contribution < -0.4 is 5.76 Å². The average molecular weight is 421 g/mol. The van der Waals surface area contributed by atoms with Crippen LogP contribution in [0.15, 0.2) is 45.7 Å². The lowest BCUT2D eigenvalue weighted by Gasteiger charge is -2.13. The van der Waals surface area contributed by atoms with Crippen molar-refractivity contribution < 1.29 is 22.1 Å². The van der Waals surface area contributed by atoms with Crippen molar-refractivity contribution in [2.75, 3.05) is 0 Å². The van der Waals surface area contributed by atoms with Crippen LogP contribution in [-0.2, 0) is 19.1 Å². The molecule has 0 aliphatic heterocycles. The third-order valence-corrected chi connectivity index (χ3v) is 4.67. The maximum Gasteiger partial charge on any atom is 0.441 e. The predicted molar refractivity (Wildman–Crippen MR) is 90.5 cm³/mol. The Hall–Kier alpha value is -2.32. The molecule has 0 aliphatic rings. The van der Waals surface area contributed by atoms with Gasteiger partial charge in [0.25, 0.3) is 0 Å². The lowest BCUT2D eigenvalue weighted by Crippen LogP contribution is -2.19. The zero-order valence-electron chi connectivity index (χ0n) is 13.4. The van der Waals surface area contributed by atoms with Crippen LogP contribution in [0.25, 0.3) is 0 Å². The van der Waals surface area contributed by atoms with Gasteiger partial charge in [0.05, 0.1) is 17.1 Å². The summed E-state index contributed by atoms with van der Waals surface area (Å²) in [6.45, 7) is -0.327. The van der Waals surface area contributed by atoms with Gasteiger partial charge in [-0.2, -0.15) is 13.2 Å². The highest BCUT2D eigenvalue weighted by molar-refractivity contribution is 6.32. The first-order valence-corrected chi connectivity index (χ1v) is 8.27. The number of nitrogens with zero attached hydrogens (tertiary/aromatic N) is 2. The van der Waals surface area contributed by atoms with Crippen LogP contribution in [0.5, 0.6) is 0 Å². The van der Waals surface area contributed by atoms with Crippen molar-refractivity contribution in [1.29, 1.82) is 0 Å². The molecule has 0 saturated carbocycles. The van der Waals surface area contributed by atoms with E-state index in [1.54, 1.807) is 0 Å². The molecule has 0 bridgehead atoms. The second-order valence-electron chi connectivity index (χ2n) is 5.60. The molecule has 0 fully saturated rings. The summed E-state index contributed by atoms with van der Waals surface area (Å²) in [5, 5.41) is 3.16. The molecule has 0 N–H and O–H groups in total. The van der Waals surface area contributed by atoms with E-state index < -0.39 is 28.3 Å². The molecule has 0 radical (unpaired) electrons. The van der Waals surface area contributed by atoms with E-state index in [1.807, 2.05) is 0 Å². The van der Waals surface area contributed by atoms with Crippen molar-refractivity contribution in [3.8, 4) is 0 Å². The fourth-order valence-corrected chi connectivity index (χ4v) is 3.05. The van der Waals surface area contributed by atoms with Crippen LogP contribution in [0, 0.1) is 5.82 Å². The van der Waals surface area contributed by atoms with E-state index in [-0.39, 0.29) is 34.9 Å². The topological polar surface area (TPSA) is 48.0 Å². The second kappa shape index (κ2) is 7.36. The third-order valence-electron chi connectivity index (χ3n) is 3.87. The van der Waals surface area contributed by atoms with E-state index in [1.165, 1.54) is 30.3 Å². The number of rotatable bonds is 4. The minimum atomic E-state index is -4.64. The van der Waals surface area contributed by atoms with Crippen molar-refractivity contribution in [2.45, 2.75) is 19.1 Å². The smallest absolute Gasteiger partial charge is 0.296 e. The minimum absolute atomic E-state index is 0.000443. The van der Waals surface area contributed by atoms with Gasteiger partial charge < -0.3 is 0 Å². The summed E-state index contributed by atoms with van der Waals surface area (Å²) in [5.74, 6) is -1.52. The Labute approximate surface area is 159 Å². The van der Waals surface area contributed by atoms with Gasteiger partial charge in [-0.25, -0.2) is 9.18 Å². The maximum atomic E-state index is 14.0. The van der Waals surface area contributed by atoms with Crippen molar-refractivity contribution in [3.05, 3.63) is 85.3 Å². The fraction of sp³-hybridized carbons (Fsp3) is 0.176. The number of hydrogen-bond donors (Lipinski definition) is 0. The van der Waals surface area contributed by atoms with Crippen molar-refractivity contribution in [2.24, 2.45) is 0 Å². The van der Waals surface area contributed by atoms with Gasteiger partial charge in [-0.15, -0.1) is 0 Å². The van der Waals surface area contributed by atoms with Crippen molar-refractivity contribution in [1.82, 2.24) is 9.72 Å². The fourth-order valence-electron chi connectivity index (χ4n) is 2.53. The van der Waals surface area contributed by atoms with E-state index in [0.29, 0.717) is 0 Å². The molecule has 0 saturated heterocycles. The quantitative estimate of drug-likeness (QED) is 0.561. The molecule has 1 heterocycles. The van der Waals surface area contributed by atoms with E-state index in [9.17, 15) is 22.4 Å². The molecule has 3 aromatic rings. The molecule has 2 aromatic carbocycles. The molecule has 0 amide bonds. The first-order valence-electron chi connectivity index (χ1n) is 7.51. The highest BCUT2D eigenvalue weighted by atomic mass is 35.5. The normalized spacial score (nSPS) is 11.8. The Morgan fingerprint density at radius 1 is 1.11 bits per heavy atom. The number of halogens is 6. The van der Waals surface area contributed by atoms with Crippen LogP contribution >= 0.6 is 23.2 Å². The summed E-state index contributed by atoms with van der Waals surface area (Å²) in [6, 6.07) is 7.42. The molecule has 10 heteroatoms. The Bertz CT molecular complexity index is 1020. The number of hydrogen-bond acceptors (Lipinski definition) is 3. The SMILES string of the molecule is O=c1onc(Cc2c(F)cccc2Cl)n1Cc1cccc(C(F)(F)F)c1Cl. The van der Waals surface area contributed by atoms with Crippen LogP contribution in [-0.4, -0.2) is 9.72 Å². The van der Waals surface area contributed by atoms with Gasteiger partial charge in [-0.1, -0.05) is 46.6 Å². The molecular weight excluding hydrogens is 411 g/mol. The highest BCUT2D eigenvalue weighted by Gasteiger charge is 2.34. The van der Waals surface area contributed by atoms with E-state index in [2.05, 4.69) is 9.68 Å². The Balaban J connectivity index is 1.99. The second-order valence-corrected chi connectivity index (χ2v) is 6.39. The van der Waals surface area contributed by atoms with Gasteiger partial charge >= 0.3 is 11.9 Å². The summed E-state index contributed by atoms with van der Waals surface area (Å²) in [6.07, 6.45) is -4.83. The number of aromatic nitrogens is 2. The summed E-state index contributed by atoms with van der Waals surface area (Å²) >= 11 is 11.8. The maximum absolute atomic E-state index is 14.0. The molecule has 0 atom stereocenters. The third kappa shape index (κ3) is 4.01. The van der Waals surface area contributed by atoms with E-state index in [0.717, 1.165) is 10.6 Å². The Kier molecular flexibility index (Phi) is 5.30. The minimum Gasteiger partial charge on any atom is -0.296 e. The molecule has 3 rings (SSSR count). The summed E-state index contributed by atoms with van der Waals surface area (Å²) in [4.78, 5) is 11.9. The first-order chi connectivity index (χ1) is 12.7. The molecule has 27 heavy (non-hydrogen) atoms. The molecule has 1 aromatic heterocycles. The van der Waals surface area contributed by atoms with Crippen molar-refractivity contribution >= 4 is 23.2 Å². The van der Waals surface area contributed by atoms with E-state index in [4.69, 9.17) is 23.2 Å². The van der Waals surface area contributed by atoms with Gasteiger partial charge in [0.1, 0.15) is 5.82 Å². The summed E-state index contributed by atoms with van der Waals surface area (Å²) < 4.78 is 58.5.